The summed E-state index contributed by atoms with van der Waals surface area (Å²) in [5.41, 5.74) is 3.58. The highest BCUT2D eigenvalue weighted by molar-refractivity contribution is 5.93. The van der Waals surface area contributed by atoms with Gasteiger partial charge in [0.2, 0.25) is 0 Å². The van der Waals surface area contributed by atoms with Crippen molar-refractivity contribution in [3.63, 3.8) is 0 Å². The van der Waals surface area contributed by atoms with Crippen LogP contribution in [0.25, 0.3) is 0 Å². The molecule has 1 aliphatic heterocycles. The van der Waals surface area contributed by atoms with E-state index < -0.39 is 0 Å². The zero-order valence-electron chi connectivity index (χ0n) is 13.6. The lowest BCUT2D eigenvalue weighted by Crippen LogP contribution is -2.47. The number of anilines is 2. The van der Waals surface area contributed by atoms with Gasteiger partial charge in [-0.1, -0.05) is 18.2 Å². The van der Waals surface area contributed by atoms with E-state index >= 15 is 0 Å². The van der Waals surface area contributed by atoms with Crippen molar-refractivity contribution in [2.75, 3.05) is 38.5 Å². The summed E-state index contributed by atoms with van der Waals surface area (Å²) in [6, 6.07) is 11.8. The minimum atomic E-state index is 0.00605. The standard InChI is InChI=1S/C18H22N4O/c1-14-5-3-4-6-16(14)20-15-7-8-19-17(13-15)18(23)22-11-9-21(2)10-12-22/h3-8,13H,9-12H2,1-2H3,(H,19,20). The van der Waals surface area contributed by atoms with Crippen LogP contribution in [0, 0.1) is 6.92 Å². The molecule has 0 saturated carbocycles. The Morgan fingerprint density at radius 2 is 1.87 bits per heavy atom. The van der Waals surface area contributed by atoms with Gasteiger partial charge in [-0.25, -0.2) is 0 Å². The second kappa shape index (κ2) is 6.79. The molecular formula is C18H22N4O. The average Bonchev–Trinajstić information content (AvgIpc) is 2.57. The molecule has 5 heteroatoms. The van der Waals surface area contributed by atoms with E-state index in [4.69, 9.17) is 0 Å². The molecule has 23 heavy (non-hydrogen) atoms. The molecule has 1 aliphatic rings. The van der Waals surface area contributed by atoms with Crippen molar-refractivity contribution in [2.45, 2.75) is 6.92 Å². The first-order chi connectivity index (χ1) is 11.1. The van der Waals surface area contributed by atoms with Gasteiger partial charge in [0.25, 0.3) is 5.91 Å². The van der Waals surface area contributed by atoms with Crippen LogP contribution in [0.5, 0.6) is 0 Å². The fourth-order valence-corrected chi connectivity index (χ4v) is 2.67. The number of carbonyl (C=O) groups excluding carboxylic acids is 1. The van der Waals surface area contributed by atoms with E-state index in [1.54, 1.807) is 6.20 Å². The lowest BCUT2D eigenvalue weighted by molar-refractivity contribution is 0.0658. The number of likely N-dealkylation sites (N-methyl/N-ethyl adjacent to an activating group) is 1. The minimum absolute atomic E-state index is 0.00605. The number of aryl methyl sites for hydroxylation is 1. The molecule has 120 valence electrons. The highest BCUT2D eigenvalue weighted by atomic mass is 16.2. The molecule has 1 aromatic heterocycles. The molecule has 0 bridgehead atoms. The number of nitrogens with zero attached hydrogens (tertiary/aromatic N) is 3. The number of piperazine rings is 1. The van der Waals surface area contributed by atoms with Crippen LogP contribution < -0.4 is 5.32 Å². The van der Waals surface area contributed by atoms with E-state index in [2.05, 4.69) is 35.2 Å². The normalized spacial score (nSPS) is 15.5. The van der Waals surface area contributed by atoms with Crippen LogP contribution in [-0.2, 0) is 0 Å². The van der Waals surface area contributed by atoms with Gasteiger partial charge in [0.1, 0.15) is 5.69 Å². The van der Waals surface area contributed by atoms with Gasteiger partial charge in [-0.15, -0.1) is 0 Å². The summed E-state index contributed by atoms with van der Waals surface area (Å²) in [5.74, 6) is 0.00605. The Kier molecular flexibility index (Phi) is 4.57. The topological polar surface area (TPSA) is 48.5 Å². The lowest BCUT2D eigenvalue weighted by Gasteiger charge is -2.32. The fourth-order valence-electron chi connectivity index (χ4n) is 2.67. The predicted molar refractivity (Wildman–Crippen MR) is 92.1 cm³/mol. The molecule has 0 spiro atoms. The largest absolute Gasteiger partial charge is 0.355 e. The summed E-state index contributed by atoms with van der Waals surface area (Å²) in [7, 11) is 2.08. The molecule has 5 nitrogen and oxygen atoms in total. The molecule has 2 aromatic rings. The number of amides is 1. The molecule has 0 radical (unpaired) electrons. The van der Waals surface area contributed by atoms with Crippen molar-refractivity contribution < 1.29 is 4.79 Å². The number of hydrogen-bond donors (Lipinski definition) is 1. The van der Waals surface area contributed by atoms with Gasteiger partial charge in [0.05, 0.1) is 0 Å². The summed E-state index contributed by atoms with van der Waals surface area (Å²) in [4.78, 5) is 21.0. The van der Waals surface area contributed by atoms with E-state index in [1.807, 2.05) is 35.2 Å². The number of carbonyl (C=O) groups is 1. The number of rotatable bonds is 3. The van der Waals surface area contributed by atoms with Gasteiger partial charge in [-0.05, 0) is 37.7 Å². The van der Waals surface area contributed by atoms with Crippen LogP contribution >= 0.6 is 0 Å². The highest BCUT2D eigenvalue weighted by Gasteiger charge is 2.21. The molecule has 1 amide bonds. The second-order valence-corrected chi connectivity index (χ2v) is 5.97. The summed E-state index contributed by atoms with van der Waals surface area (Å²) in [6.07, 6.45) is 1.68. The maximum atomic E-state index is 12.6. The first-order valence-corrected chi connectivity index (χ1v) is 7.90. The summed E-state index contributed by atoms with van der Waals surface area (Å²) >= 11 is 0. The van der Waals surface area contributed by atoms with Crippen LogP contribution in [0.1, 0.15) is 16.1 Å². The molecule has 0 atom stereocenters. The third-order valence-electron chi connectivity index (χ3n) is 4.19. The van der Waals surface area contributed by atoms with Crippen molar-refractivity contribution in [1.29, 1.82) is 0 Å². The summed E-state index contributed by atoms with van der Waals surface area (Å²) in [5, 5.41) is 3.36. The van der Waals surface area contributed by atoms with Crippen molar-refractivity contribution in [2.24, 2.45) is 0 Å². The molecule has 2 heterocycles. The first kappa shape index (κ1) is 15.5. The maximum Gasteiger partial charge on any atom is 0.272 e. The molecular weight excluding hydrogens is 288 g/mol. The fraction of sp³-hybridized carbons (Fsp3) is 0.333. The van der Waals surface area contributed by atoms with Crippen molar-refractivity contribution in [3.8, 4) is 0 Å². The number of benzene rings is 1. The van der Waals surface area contributed by atoms with Crippen LogP contribution in [0.4, 0.5) is 11.4 Å². The van der Waals surface area contributed by atoms with E-state index in [0.29, 0.717) is 5.69 Å². The average molecular weight is 310 g/mol. The minimum Gasteiger partial charge on any atom is -0.355 e. The van der Waals surface area contributed by atoms with Crippen LogP contribution in [0.15, 0.2) is 42.6 Å². The molecule has 1 N–H and O–H groups in total. The predicted octanol–water partition coefficient (Wildman–Crippen LogP) is 2.52. The van der Waals surface area contributed by atoms with Crippen LogP contribution in [-0.4, -0.2) is 53.9 Å². The van der Waals surface area contributed by atoms with E-state index in [1.165, 1.54) is 0 Å². The van der Waals surface area contributed by atoms with E-state index in [0.717, 1.165) is 43.1 Å². The Hall–Kier alpha value is -2.40. The quantitative estimate of drug-likeness (QED) is 0.946. The van der Waals surface area contributed by atoms with Crippen molar-refractivity contribution >= 4 is 17.3 Å². The SMILES string of the molecule is Cc1ccccc1Nc1ccnc(C(=O)N2CCN(C)CC2)c1. The Morgan fingerprint density at radius 1 is 1.13 bits per heavy atom. The Balaban J connectivity index is 1.75. The monoisotopic (exact) mass is 310 g/mol. The smallest absolute Gasteiger partial charge is 0.272 e. The Labute approximate surface area is 136 Å². The first-order valence-electron chi connectivity index (χ1n) is 7.90. The van der Waals surface area contributed by atoms with E-state index in [9.17, 15) is 4.79 Å². The number of pyridine rings is 1. The molecule has 0 unspecified atom stereocenters. The van der Waals surface area contributed by atoms with Gasteiger partial charge in [-0.2, -0.15) is 0 Å². The number of nitrogens with one attached hydrogen (secondary N) is 1. The van der Waals surface area contributed by atoms with Crippen LogP contribution in [0.3, 0.4) is 0 Å². The van der Waals surface area contributed by atoms with Crippen molar-refractivity contribution in [3.05, 3.63) is 53.9 Å². The number of para-hydroxylation sites is 1. The summed E-state index contributed by atoms with van der Waals surface area (Å²) in [6.45, 7) is 5.39. The zero-order chi connectivity index (χ0) is 16.2. The molecule has 1 fully saturated rings. The summed E-state index contributed by atoms with van der Waals surface area (Å²) < 4.78 is 0. The van der Waals surface area contributed by atoms with Gasteiger partial charge in [-0.3, -0.25) is 9.78 Å². The van der Waals surface area contributed by atoms with Gasteiger partial charge >= 0.3 is 0 Å². The Bertz CT molecular complexity index is 693. The molecule has 1 aromatic carbocycles. The van der Waals surface area contributed by atoms with Gasteiger partial charge < -0.3 is 15.1 Å². The molecule has 1 saturated heterocycles. The Morgan fingerprint density at radius 3 is 2.61 bits per heavy atom. The van der Waals surface area contributed by atoms with Crippen LogP contribution in [0.2, 0.25) is 0 Å². The maximum absolute atomic E-state index is 12.6. The second-order valence-electron chi connectivity index (χ2n) is 5.97. The zero-order valence-corrected chi connectivity index (χ0v) is 13.6. The van der Waals surface area contributed by atoms with Gasteiger partial charge in [0, 0.05) is 43.8 Å². The highest BCUT2D eigenvalue weighted by Crippen LogP contribution is 2.20. The van der Waals surface area contributed by atoms with Gasteiger partial charge in [0.15, 0.2) is 0 Å². The number of aromatic nitrogens is 1. The number of hydrogen-bond acceptors (Lipinski definition) is 4. The molecule has 0 aliphatic carbocycles. The van der Waals surface area contributed by atoms with Crippen molar-refractivity contribution in [1.82, 2.24) is 14.8 Å². The molecule has 3 rings (SSSR count). The third kappa shape index (κ3) is 3.68. The lowest BCUT2D eigenvalue weighted by atomic mass is 10.2. The third-order valence-corrected chi connectivity index (χ3v) is 4.19. The van der Waals surface area contributed by atoms with E-state index in [-0.39, 0.29) is 5.91 Å².